The molecule has 2 rings (SSSR count). The van der Waals surface area contributed by atoms with Crippen molar-refractivity contribution in [3.63, 3.8) is 0 Å². The van der Waals surface area contributed by atoms with E-state index in [0.29, 0.717) is 13.0 Å². The number of nitrogens with zero attached hydrogens (tertiary/aromatic N) is 1. The van der Waals surface area contributed by atoms with Crippen LogP contribution in [0.2, 0.25) is 0 Å². The van der Waals surface area contributed by atoms with Gasteiger partial charge in [-0.15, -0.1) is 6.42 Å². The molecule has 0 bridgehead atoms. The largest absolute Gasteiger partial charge is 0.480 e. The van der Waals surface area contributed by atoms with Crippen molar-refractivity contribution in [1.29, 1.82) is 0 Å². The van der Waals surface area contributed by atoms with Gasteiger partial charge < -0.3 is 14.4 Å². The van der Waals surface area contributed by atoms with Crippen LogP contribution < -0.4 is 0 Å². The van der Waals surface area contributed by atoms with E-state index in [-0.39, 0.29) is 11.5 Å². The fourth-order valence-electron chi connectivity index (χ4n) is 2.10. The molecule has 1 unspecified atom stereocenters. The number of furan rings is 1. The lowest BCUT2D eigenvalue weighted by atomic mass is 10.0. The van der Waals surface area contributed by atoms with E-state index in [0.717, 1.165) is 12.8 Å². The third-order valence-corrected chi connectivity index (χ3v) is 3.01. The van der Waals surface area contributed by atoms with Crippen molar-refractivity contribution >= 4 is 11.9 Å². The number of hydrogen-bond donors (Lipinski definition) is 1. The molecule has 5 heteroatoms. The minimum absolute atomic E-state index is 0.0936. The Labute approximate surface area is 104 Å². The average molecular weight is 247 g/mol. The number of rotatable bonds is 2. The molecule has 1 aliphatic rings. The molecular formula is C13H13NO4. The topological polar surface area (TPSA) is 70.8 Å². The molecule has 0 saturated carbocycles. The second-order valence-corrected chi connectivity index (χ2v) is 4.16. The predicted octanol–water partition coefficient (Wildman–Crippen LogP) is 1.34. The molecule has 1 saturated heterocycles. The minimum Gasteiger partial charge on any atom is -0.480 e. The Morgan fingerprint density at radius 3 is 2.83 bits per heavy atom. The number of piperidine rings is 1. The summed E-state index contributed by atoms with van der Waals surface area (Å²) in [5, 5.41) is 9.10. The van der Waals surface area contributed by atoms with Crippen LogP contribution in [-0.2, 0) is 4.79 Å². The van der Waals surface area contributed by atoms with Gasteiger partial charge in [-0.2, -0.15) is 0 Å². The Kier molecular flexibility index (Phi) is 3.38. The molecule has 1 amide bonds. The SMILES string of the molecule is C#Cc1ccc(C(=O)N2CCCCC2C(=O)O)o1. The normalized spacial score (nSPS) is 19.3. The number of terminal acetylenes is 1. The first kappa shape index (κ1) is 12.2. The Hall–Kier alpha value is -2.22. The van der Waals surface area contributed by atoms with E-state index in [2.05, 4.69) is 5.92 Å². The summed E-state index contributed by atoms with van der Waals surface area (Å²) in [6.45, 7) is 0.432. The number of likely N-dealkylation sites (tertiary alicyclic amines) is 1. The summed E-state index contributed by atoms with van der Waals surface area (Å²) in [4.78, 5) is 24.6. The summed E-state index contributed by atoms with van der Waals surface area (Å²) < 4.78 is 5.16. The van der Waals surface area contributed by atoms with E-state index in [9.17, 15) is 9.59 Å². The summed E-state index contributed by atoms with van der Waals surface area (Å²) in [6, 6.07) is 2.23. The van der Waals surface area contributed by atoms with Crippen molar-refractivity contribution in [2.24, 2.45) is 0 Å². The van der Waals surface area contributed by atoms with Crippen molar-refractivity contribution in [3.05, 3.63) is 23.7 Å². The Balaban J connectivity index is 2.21. The lowest BCUT2D eigenvalue weighted by molar-refractivity contribution is -0.143. The maximum absolute atomic E-state index is 12.1. The van der Waals surface area contributed by atoms with Crippen molar-refractivity contribution in [2.75, 3.05) is 6.54 Å². The second kappa shape index (κ2) is 4.96. The molecule has 1 aliphatic heterocycles. The first-order valence-corrected chi connectivity index (χ1v) is 5.73. The number of amides is 1. The van der Waals surface area contributed by atoms with Crippen LogP contribution in [0.15, 0.2) is 16.5 Å². The van der Waals surface area contributed by atoms with Gasteiger partial charge in [0.25, 0.3) is 5.91 Å². The number of carboxylic acids is 1. The summed E-state index contributed by atoms with van der Waals surface area (Å²) in [6.07, 6.45) is 7.25. The van der Waals surface area contributed by atoms with E-state index < -0.39 is 17.9 Å². The van der Waals surface area contributed by atoms with Gasteiger partial charge in [0.1, 0.15) is 6.04 Å². The zero-order valence-electron chi connectivity index (χ0n) is 9.76. The van der Waals surface area contributed by atoms with E-state index in [1.54, 1.807) is 0 Å². The van der Waals surface area contributed by atoms with Crippen LogP contribution in [0, 0.1) is 12.3 Å². The third kappa shape index (κ3) is 2.23. The maximum Gasteiger partial charge on any atom is 0.326 e. The molecular weight excluding hydrogens is 234 g/mol. The molecule has 0 aliphatic carbocycles. The number of carbonyl (C=O) groups is 2. The fourth-order valence-corrected chi connectivity index (χ4v) is 2.10. The van der Waals surface area contributed by atoms with Crippen LogP contribution in [-0.4, -0.2) is 34.5 Å². The van der Waals surface area contributed by atoms with Crippen LogP contribution in [0.3, 0.4) is 0 Å². The second-order valence-electron chi connectivity index (χ2n) is 4.16. The zero-order chi connectivity index (χ0) is 13.1. The highest BCUT2D eigenvalue weighted by atomic mass is 16.4. The number of aliphatic carboxylic acids is 1. The minimum atomic E-state index is -0.980. The van der Waals surface area contributed by atoms with Gasteiger partial charge >= 0.3 is 5.97 Å². The highest BCUT2D eigenvalue weighted by Crippen LogP contribution is 2.20. The van der Waals surface area contributed by atoms with E-state index >= 15 is 0 Å². The van der Waals surface area contributed by atoms with Crippen LogP contribution in [0.25, 0.3) is 0 Å². The van der Waals surface area contributed by atoms with Gasteiger partial charge in [0.15, 0.2) is 11.5 Å². The van der Waals surface area contributed by atoms with Gasteiger partial charge in [-0.25, -0.2) is 4.79 Å². The highest BCUT2D eigenvalue weighted by Gasteiger charge is 2.33. The lowest BCUT2D eigenvalue weighted by Crippen LogP contribution is -2.47. The molecule has 1 atom stereocenters. The van der Waals surface area contributed by atoms with Crippen molar-refractivity contribution < 1.29 is 19.1 Å². The summed E-state index contributed by atoms with van der Waals surface area (Å²) in [5.74, 6) is 1.25. The number of carboxylic acid groups (broad SMARTS) is 1. The van der Waals surface area contributed by atoms with Crippen LogP contribution in [0.5, 0.6) is 0 Å². The van der Waals surface area contributed by atoms with E-state index in [1.165, 1.54) is 17.0 Å². The molecule has 2 heterocycles. The monoisotopic (exact) mass is 247 g/mol. The fraction of sp³-hybridized carbons (Fsp3) is 0.385. The standard InChI is InChI=1S/C13H13NO4/c1-2-9-6-7-11(18-9)12(15)14-8-4-3-5-10(14)13(16)17/h1,6-7,10H,3-5,8H2,(H,16,17). The van der Waals surface area contributed by atoms with Crippen molar-refractivity contribution in [1.82, 2.24) is 4.90 Å². The smallest absolute Gasteiger partial charge is 0.326 e. The number of hydrogen-bond acceptors (Lipinski definition) is 3. The third-order valence-electron chi connectivity index (χ3n) is 3.01. The molecule has 0 spiro atoms. The zero-order valence-corrected chi connectivity index (χ0v) is 9.76. The highest BCUT2D eigenvalue weighted by molar-refractivity contribution is 5.94. The Bertz CT molecular complexity index is 511. The molecule has 1 aromatic heterocycles. The van der Waals surface area contributed by atoms with E-state index in [1.807, 2.05) is 0 Å². The van der Waals surface area contributed by atoms with Gasteiger partial charge in [0.05, 0.1) is 0 Å². The maximum atomic E-state index is 12.1. The molecule has 1 aromatic rings. The predicted molar refractivity (Wildman–Crippen MR) is 63.0 cm³/mol. The molecule has 18 heavy (non-hydrogen) atoms. The van der Waals surface area contributed by atoms with Gasteiger partial charge in [0, 0.05) is 6.54 Å². The van der Waals surface area contributed by atoms with Crippen LogP contribution in [0.1, 0.15) is 35.6 Å². The van der Waals surface area contributed by atoms with Gasteiger partial charge in [-0.3, -0.25) is 4.79 Å². The van der Waals surface area contributed by atoms with Crippen LogP contribution >= 0.6 is 0 Å². The molecule has 0 aromatic carbocycles. The Morgan fingerprint density at radius 2 is 2.22 bits per heavy atom. The summed E-state index contributed by atoms with van der Waals surface area (Å²) >= 11 is 0. The summed E-state index contributed by atoms with van der Waals surface area (Å²) in [7, 11) is 0. The van der Waals surface area contributed by atoms with Gasteiger partial charge in [0.2, 0.25) is 0 Å². The molecule has 1 N–H and O–H groups in total. The van der Waals surface area contributed by atoms with Crippen molar-refractivity contribution in [3.8, 4) is 12.3 Å². The summed E-state index contributed by atoms with van der Waals surface area (Å²) in [5.41, 5.74) is 0. The average Bonchev–Trinajstić information content (AvgIpc) is 2.86. The Morgan fingerprint density at radius 1 is 1.44 bits per heavy atom. The molecule has 1 fully saturated rings. The molecule has 94 valence electrons. The quantitative estimate of drug-likeness (QED) is 0.800. The lowest BCUT2D eigenvalue weighted by Gasteiger charge is -2.32. The van der Waals surface area contributed by atoms with Crippen LogP contribution in [0.4, 0.5) is 0 Å². The van der Waals surface area contributed by atoms with Gasteiger partial charge in [-0.1, -0.05) is 0 Å². The van der Waals surface area contributed by atoms with Gasteiger partial charge in [-0.05, 0) is 37.3 Å². The van der Waals surface area contributed by atoms with E-state index in [4.69, 9.17) is 15.9 Å². The molecule has 0 radical (unpaired) electrons. The van der Waals surface area contributed by atoms with Crippen molar-refractivity contribution in [2.45, 2.75) is 25.3 Å². The number of carbonyl (C=O) groups excluding carboxylic acids is 1. The first-order valence-electron chi connectivity index (χ1n) is 5.73. The molecule has 5 nitrogen and oxygen atoms in total. The first-order chi connectivity index (χ1) is 8.63.